The molecule has 62 valence electrons. The van der Waals surface area contributed by atoms with E-state index < -0.39 is 0 Å². The Morgan fingerprint density at radius 3 is 2.64 bits per heavy atom. The van der Waals surface area contributed by atoms with Crippen molar-refractivity contribution in [3.8, 4) is 0 Å². The second-order valence-electron chi connectivity index (χ2n) is 2.10. The number of hydrogen-bond donors (Lipinski definition) is 2. The molecule has 0 aromatic rings. The van der Waals surface area contributed by atoms with Gasteiger partial charge in [0.1, 0.15) is 0 Å². The van der Waals surface area contributed by atoms with Crippen LogP contribution in [0.1, 0.15) is 0 Å². The second kappa shape index (κ2) is 9.18. The van der Waals surface area contributed by atoms with Gasteiger partial charge in [-0.3, -0.25) is 0 Å². The molecule has 0 unspecified atom stereocenters. The van der Waals surface area contributed by atoms with Crippen LogP contribution in [0.3, 0.4) is 0 Å². The van der Waals surface area contributed by atoms with Crippen LogP contribution >= 0.6 is 0 Å². The Hall–Kier alpha value is -0.820. The van der Waals surface area contributed by atoms with Gasteiger partial charge in [0.2, 0.25) is 0 Å². The van der Waals surface area contributed by atoms with Gasteiger partial charge in [-0.25, -0.2) is 0 Å². The molecule has 0 amide bonds. The van der Waals surface area contributed by atoms with E-state index in [1.165, 1.54) is 0 Å². The third kappa shape index (κ3) is 9.18. The maximum Gasteiger partial charge on any atom is 0.0212 e. The molecule has 0 aliphatic rings. The Morgan fingerprint density at radius 1 is 1.27 bits per heavy atom. The average molecular weight is 152 g/mol. The smallest absolute Gasteiger partial charge is 0.0212 e. The monoisotopic (exact) mass is 152 g/mol. The first-order valence-electron chi connectivity index (χ1n) is 3.76. The lowest BCUT2D eigenvalue weighted by Crippen LogP contribution is -2.13. The minimum atomic E-state index is 0.841. The normalized spacial score (nSPS) is 9.91. The summed E-state index contributed by atoms with van der Waals surface area (Å²) in [5, 5.41) is 6.20. The van der Waals surface area contributed by atoms with Crippen molar-refractivity contribution in [2.24, 2.45) is 0 Å². The Balaban J connectivity index is 3.06. The van der Waals surface area contributed by atoms with Crippen molar-refractivity contribution in [2.75, 3.05) is 26.7 Å². The highest BCUT2D eigenvalue weighted by Gasteiger charge is 1.75. The number of rotatable bonds is 6. The summed E-state index contributed by atoms with van der Waals surface area (Å²) in [6, 6.07) is 0. The molecular weight excluding hydrogens is 136 g/mol. The maximum atomic E-state index is 3.46. The molecule has 0 heterocycles. The van der Waals surface area contributed by atoms with Crippen LogP contribution in [0.5, 0.6) is 0 Å². The third-order valence-corrected chi connectivity index (χ3v) is 1.14. The number of nitrogens with one attached hydrogen (secondary N) is 2. The van der Waals surface area contributed by atoms with Gasteiger partial charge in [0.15, 0.2) is 0 Å². The van der Waals surface area contributed by atoms with Crippen LogP contribution in [0.15, 0.2) is 30.5 Å². The topological polar surface area (TPSA) is 24.1 Å². The molecule has 0 bridgehead atoms. The molecule has 0 rings (SSSR count). The van der Waals surface area contributed by atoms with Gasteiger partial charge in [0.05, 0.1) is 0 Å². The summed E-state index contributed by atoms with van der Waals surface area (Å²) >= 11 is 0. The van der Waals surface area contributed by atoms with Crippen LogP contribution in [0.2, 0.25) is 0 Å². The average Bonchev–Trinajstić information content (AvgIpc) is 2.03. The fraction of sp³-hybridized carbons (Fsp3) is 0.444. The Labute approximate surface area is 68.7 Å². The van der Waals surface area contributed by atoms with E-state index in [-0.39, 0.29) is 0 Å². The Morgan fingerprint density at radius 2 is 2.00 bits per heavy atom. The van der Waals surface area contributed by atoms with Crippen LogP contribution in [0, 0.1) is 0 Å². The SMILES string of the molecule is C=C=CCNCC=CCNC. The molecule has 0 aromatic carbocycles. The summed E-state index contributed by atoms with van der Waals surface area (Å²) in [7, 11) is 1.93. The van der Waals surface area contributed by atoms with E-state index in [1.807, 2.05) is 13.1 Å². The largest absolute Gasteiger partial charge is 0.316 e. The van der Waals surface area contributed by atoms with Gasteiger partial charge >= 0.3 is 0 Å². The highest BCUT2D eigenvalue weighted by atomic mass is 14.8. The first kappa shape index (κ1) is 10.2. The highest BCUT2D eigenvalue weighted by Crippen LogP contribution is 1.68. The first-order valence-corrected chi connectivity index (χ1v) is 3.76. The fourth-order valence-electron chi connectivity index (χ4n) is 0.596. The predicted octanol–water partition coefficient (Wildman–Crippen LogP) is 0.693. The van der Waals surface area contributed by atoms with Crippen molar-refractivity contribution in [3.05, 3.63) is 30.5 Å². The molecule has 2 heteroatoms. The van der Waals surface area contributed by atoms with E-state index in [4.69, 9.17) is 0 Å². The predicted molar refractivity (Wildman–Crippen MR) is 49.6 cm³/mol. The van der Waals surface area contributed by atoms with Crippen molar-refractivity contribution >= 4 is 0 Å². The minimum Gasteiger partial charge on any atom is -0.316 e. The van der Waals surface area contributed by atoms with E-state index in [1.54, 1.807) is 0 Å². The molecule has 0 saturated carbocycles. The van der Waals surface area contributed by atoms with Gasteiger partial charge in [-0.15, -0.1) is 5.73 Å². The summed E-state index contributed by atoms with van der Waals surface area (Å²) in [6.07, 6.45) is 6.05. The molecule has 11 heavy (non-hydrogen) atoms. The van der Waals surface area contributed by atoms with Crippen molar-refractivity contribution in [2.45, 2.75) is 0 Å². The van der Waals surface area contributed by atoms with Crippen LogP contribution < -0.4 is 10.6 Å². The highest BCUT2D eigenvalue weighted by molar-refractivity contribution is 4.87. The first-order chi connectivity index (χ1) is 5.41. The molecule has 0 fully saturated rings. The lowest BCUT2D eigenvalue weighted by atomic mass is 10.4. The number of hydrogen-bond acceptors (Lipinski definition) is 2. The fourth-order valence-corrected chi connectivity index (χ4v) is 0.596. The van der Waals surface area contributed by atoms with E-state index in [0.717, 1.165) is 19.6 Å². The Kier molecular flexibility index (Phi) is 8.50. The van der Waals surface area contributed by atoms with Gasteiger partial charge in [-0.2, -0.15) is 0 Å². The molecule has 0 atom stereocenters. The van der Waals surface area contributed by atoms with E-state index in [0.29, 0.717) is 0 Å². The molecule has 0 spiro atoms. The summed E-state index contributed by atoms with van der Waals surface area (Å²) in [5.74, 6) is 0. The summed E-state index contributed by atoms with van der Waals surface area (Å²) in [4.78, 5) is 0. The Bertz CT molecular complexity index is 144. The standard InChI is InChI=1S/C9H16N2/c1-3-4-8-11-9-6-5-7-10-2/h4-6,10-11H,1,7-9H2,2H3. The minimum absolute atomic E-state index is 0.841. The van der Waals surface area contributed by atoms with Gasteiger partial charge in [-0.1, -0.05) is 18.7 Å². The molecule has 0 aliphatic carbocycles. The maximum absolute atomic E-state index is 3.46. The van der Waals surface area contributed by atoms with Crippen molar-refractivity contribution in [1.29, 1.82) is 0 Å². The zero-order valence-corrected chi connectivity index (χ0v) is 7.06. The van der Waals surface area contributed by atoms with Crippen molar-refractivity contribution < 1.29 is 0 Å². The van der Waals surface area contributed by atoms with Crippen LogP contribution in [-0.4, -0.2) is 26.7 Å². The molecular formula is C9H16N2. The van der Waals surface area contributed by atoms with Gasteiger partial charge in [-0.05, 0) is 13.1 Å². The molecule has 0 radical (unpaired) electrons. The number of likely N-dealkylation sites (N-methyl/N-ethyl adjacent to an activating group) is 1. The summed E-state index contributed by atoms with van der Waals surface area (Å²) in [5.41, 5.74) is 2.70. The van der Waals surface area contributed by atoms with Gasteiger partial charge in [0.25, 0.3) is 0 Å². The quantitative estimate of drug-likeness (QED) is 0.332. The van der Waals surface area contributed by atoms with E-state index in [2.05, 4.69) is 35.1 Å². The van der Waals surface area contributed by atoms with E-state index in [9.17, 15) is 0 Å². The van der Waals surface area contributed by atoms with Gasteiger partial charge in [0, 0.05) is 19.6 Å². The van der Waals surface area contributed by atoms with Gasteiger partial charge < -0.3 is 10.6 Å². The lowest BCUT2D eigenvalue weighted by Gasteiger charge is -1.93. The van der Waals surface area contributed by atoms with E-state index >= 15 is 0 Å². The molecule has 0 aliphatic heterocycles. The second-order valence-corrected chi connectivity index (χ2v) is 2.10. The summed E-state index contributed by atoms with van der Waals surface area (Å²) < 4.78 is 0. The van der Waals surface area contributed by atoms with Crippen LogP contribution in [0.25, 0.3) is 0 Å². The van der Waals surface area contributed by atoms with Crippen molar-refractivity contribution in [3.63, 3.8) is 0 Å². The molecule has 0 aromatic heterocycles. The van der Waals surface area contributed by atoms with Crippen LogP contribution in [0.4, 0.5) is 0 Å². The third-order valence-electron chi connectivity index (χ3n) is 1.14. The zero-order chi connectivity index (χ0) is 8.36. The lowest BCUT2D eigenvalue weighted by molar-refractivity contribution is 0.836. The van der Waals surface area contributed by atoms with Crippen LogP contribution in [-0.2, 0) is 0 Å². The molecule has 0 saturated heterocycles. The molecule has 2 nitrogen and oxygen atoms in total. The summed E-state index contributed by atoms with van der Waals surface area (Å²) in [6.45, 7) is 6.13. The molecule has 2 N–H and O–H groups in total. The van der Waals surface area contributed by atoms with Crippen molar-refractivity contribution in [1.82, 2.24) is 10.6 Å². The zero-order valence-electron chi connectivity index (χ0n) is 7.06.